The summed E-state index contributed by atoms with van der Waals surface area (Å²) in [6, 6.07) is 3.11. The molecule has 0 N–H and O–H groups in total. The molecule has 2 nitrogen and oxygen atoms in total. The first-order valence-corrected chi connectivity index (χ1v) is 6.47. The Bertz CT molecular complexity index is 370. The first kappa shape index (κ1) is 12.0. The van der Waals surface area contributed by atoms with E-state index < -0.39 is 0 Å². The van der Waals surface area contributed by atoms with Crippen molar-refractivity contribution in [1.82, 2.24) is 9.88 Å². The molecule has 1 fully saturated rings. The summed E-state index contributed by atoms with van der Waals surface area (Å²) in [7, 11) is 0. The van der Waals surface area contributed by atoms with E-state index >= 15 is 0 Å². The third-order valence-electron chi connectivity index (χ3n) is 3.00. The number of piperidine rings is 1. The van der Waals surface area contributed by atoms with Gasteiger partial charge in [0, 0.05) is 13.1 Å². The van der Waals surface area contributed by atoms with Crippen molar-refractivity contribution in [2.75, 3.05) is 13.1 Å². The van der Waals surface area contributed by atoms with Crippen molar-refractivity contribution in [2.24, 2.45) is 5.92 Å². The van der Waals surface area contributed by atoms with Gasteiger partial charge < -0.3 is 0 Å². The summed E-state index contributed by atoms with van der Waals surface area (Å²) < 4.78 is 14.2. The highest BCUT2D eigenvalue weighted by molar-refractivity contribution is 9.10. The lowest BCUT2D eigenvalue weighted by Gasteiger charge is -2.30. The van der Waals surface area contributed by atoms with Gasteiger partial charge >= 0.3 is 0 Å². The van der Waals surface area contributed by atoms with E-state index in [1.807, 2.05) is 0 Å². The van der Waals surface area contributed by atoms with Crippen molar-refractivity contribution < 1.29 is 4.39 Å². The van der Waals surface area contributed by atoms with Gasteiger partial charge in [0.1, 0.15) is 10.4 Å². The molecule has 1 aromatic rings. The molecule has 1 aliphatic rings. The van der Waals surface area contributed by atoms with Gasteiger partial charge in [0.2, 0.25) is 0 Å². The zero-order valence-electron chi connectivity index (χ0n) is 9.42. The van der Waals surface area contributed by atoms with Gasteiger partial charge in [0.15, 0.2) is 0 Å². The van der Waals surface area contributed by atoms with Crippen LogP contribution in [0.25, 0.3) is 0 Å². The minimum Gasteiger partial charge on any atom is -0.297 e. The summed E-state index contributed by atoms with van der Waals surface area (Å²) in [4.78, 5) is 6.48. The number of nitrogens with zero attached hydrogens (tertiary/aromatic N) is 2. The van der Waals surface area contributed by atoms with Crippen molar-refractivity contribution in [3.63, 3.8) is 0 Å². The molecule has 0 aliphatic carbocycles. The third-order valence-corrected chi connectivity index (χ3v) is 3.44. The molecule has 2 heterocycles. The molecular formula is C12H16BrFN2. The normalized spacial score (nSPS) is 22.3. The smallest absolute Gasteiger partial charge is 0.146 e. The van der Waals surface area contributed by atoms with Crippen molar-refractivity contribution in [3.8, 4) is 0 Å². The Morgan fingerprint density at radius 1 is 1.56 bits per heavy atom. The molecule has 88 valence electrons. The number of likely N-dealkylation sites (tertiary alicyclic amines) is 1. The predicted octanol–water partition coefficient (Wildman–Crippen LogP) is 3.22. The molecule has 1 unspecified atom stereocenters. The van der Waals surface area contributed by atoms with Gasteiger partial charge in [-0.2, -0.15) is 0 Å². The highest BCUT2D eigenvalue weighted by Gasteiger charge is 2.18. The Morgan fingerprint density at radius 3 is 3.12 bits per heavy atom. The maximum Gasteiger partial charge on any atom is 0.146 e. The van der Waals surface area contributed by atoms with Crippen LogP contribution < -0.4 is 0 Å². The predicted molar refractivity (Wildman–Crippen MR) is 65.6 cm³/mol. The Kier molecular flexibility index (Phi) is 3.92. The second kappa shape index (κ2) is 5.23. The molecule has 0 amide bonds. The minimum absolute atomic E-state index is 0.207. The van der Waals surface area contributed by atoms with Crippen LogP contribution in [0, 0.1) is 11.7 Å². The summed E-state index contributed by atoms with van der Waals surface area (Å²) >= 11 is 3.28. The van der Waals surface area contributed by atoms with Crippen LogP contribution in [0.5, 0.6) is 0 Å². The maximum atomic E-state index is 13.5. The molecule has 0 saturated carbocycles. The van der Waals surface area contributed by atoms with E-state index in [1.165, 1.54) is 18.9 Å². The second-order valence-electron chi connectivity index (χ2n) is 4.55. The van der Waals surface area contributed by atoms with Crippen LogP contribution >= 0.6 is 15.9 Å². The van der Waals surface area contributed by atoms with Gasteiger partial charge in [-0.25, -0.2) is 9.37 Å². The topological polar surface area (TPSA) is 16.1 Å². The molecule has 16 heavy (non-hydrogen) atoms. The summed E-state index contributed by atoms with van der Waals surface area (Å²) in [5, 5.41) is 0. The van der Waals surface area contributed by atoms with Gasteiger partial charge in [-0.05, 0) is 53.4 Å². The van der Waals surface area contributed by atoms with Crippen LogP contribution in [0.2, 0.25) is 0 Å². The van der Waals surface area contributed by atoms with Crippen LogP contribution in [0.4, 0.5) is 4.39 Å². The van der Waals surface area contributed by atoms with E-state index in [1.54, 1.807) is 6.07 Å². The minimum atomic E-state index is -0.207. The van der Waals surface area contributed by atoms with Crippen molar-refractivity contribution in [2.45, 2.75) is 26.3 Å². The Labute approximate surface area is 104 Å². The molecule has 1 aliphatic heterocycles. The SMILES string of the molecule is CC1CCCN(Cc2nc(Br)ccc2F)C1. The lowest BCUT2D eigenvalue weighted by Crippen LogP contribution is -2.34. The zero-order valence-corrected chi connectivity index (χ0v) is 11.0. The number of hydrogen-bond acceptors (Lipinski definition) is 2. The van der Waals surface area contributed by atoms with Crippen LogP contribution in [0.3, 0.4) is 0 Å². The average molecular weight is 287 g/mol. The molecule has 0 aromatic carbocycles. The number of aromatic nitrogens is 1. The summed E-state index contributed by atoms with van der Waals surface area (Å²) in [5.41, 5.74) is 0.545. The molecular weight excluding hydrogens is 271 g/mol. The van der Waals surface area contributed by atoms with Crippen molar-refractivity contribution >= 4 is 15.9 Å². The summed E-state index contributed by atoms with van der Waals surface area (Å²) in [6.07, 6.45) is 2.49. The molecule has 4 heteroatoms. The van der Waals surface area contributed by atoms with E-state index in [-0.39, 0.29) is 5.82 Å². The van der Waals surface area contributed by atoms with Gasteiger partial charge in [-0.1, -0.05) is 6.92 Å². The number of rotatable bonds is 2. The Balaban J connectivity index is 2.05. The van der Waals surface area contributed by atoms with Gasteiger partial charge in [0.05, 0.1) is 5.69 Å². The fourth-order valence-corrected chi connectivity index (χ4v) is 2.56. The highest BCUT2D eigenvalue weighted by Crippen LogP contribution is 2.19. The molecule has 0 bridgehead atoms. The van der Waals surface area contributed by atoms with E-state index in [9.17, 15) is 4.39 Å². The van der Waals surface area contributed by atoms with Crippen LogP contribution in [-0.2, 0) is 6.54 Å². The molecule has 1 atom stereocenters. The number of hydrogen-bond donors (Lipinski definition) is 0. The number of pyridine rings is 1. The fraction of sp³-hybridized carbons (Fsp3) is 0.583. The van der Waals surface area contributed by atoms with Crippen molar-refractivity contribution in [1.29, 1.82) is 0 Å². The van der Waals surface area contributed by atoms with Gasteiger partial charge in [-0.3, -0.25) is 4.90 Å². The van der Waals surface area contributed by atoms with Gasteiger partial charge in [0.25, 0.3) is 0 Å². The lowest BCUT2D eigenvalue weighted by atomic mass is 10.0. The molecule has 1 saturated heterocycles. The molecule has 0 radical (unpaired) electrons. The molecule has 2 rings (SSSR count). The standard InChI is InChI=1S/C12H16BrFN2/c1-9-3-2-6-16(7-9)8-11-10(14)4-5-12(13)15-11/h4-5,9H,2-3,6-8H2,1H3. The molecule has 1 aromatic heterocycles. The monoisotopic (exact) mass is 286 g/mol. The second-order valence-corrected chi connectivity index (χ2v) is 5.36. The Morgan fingerprint density at radius 2 is 2.38 bits per heavy atom. The maximum absolute atomic E-state index is 13.5. The zero-order chi connectivity index (χ0) is 11.5. The highest BCUT2D eigenvalue weighted by atomic mass is 79.9. The fourth-order valence-electron chi connectivity index (χ4n) is 2.21. The third kappa shape index (κ3) is 3.01. The van der Waals surface area contributed by atoms with Crippen LogP contribution in [-0.4, -0.2) is 23.0 Å². The van der Waals surface area contributed by atoms with E-state index in [0.717, 1.165) is 13.1 Å². The van der Waals surface area contributed by atoms with E-state index in [0.29, 0.717) is 22.8 Å². The van der Waals surface area contributed by atoms with Gasteiger partial charge in [-0.15, -0.1) is 0 Å². The first-order chi connectivity index (χ1) is 7.65. The summed E-state index contributed by atoms with van der Waals surface area (Å²) in [6.45, 7) is 4.97. The van der Waals surface area contributed by atoms with E-state index in [4.69, 9.17) is 0 Å². The average Bonchev–Trinajstić information content (AvgIpc) is 2.24. The molecule has 0 spiro atoms. The Hall–Kier alpha value is -0.480. The van der Waals surface area contributed by atoms with Crippen LogP contribution in [0.15, 0.2) is 16.7 Å². The lowest BCUT2D eigenvalue weighted by molar-refractivity contribution is 0.172. The first-order valence-electron chi connectivity index (χ1n) is 5.68. The largest absolute Gasteiger partial charge is 0.297 e. The van der Waals surface area contributed by atoms with E-state index in [2.05, 4.69) is 32.7 Å². The quantitative estimate of drug-likeness (QED) is 0.776. The summed E-state index contributed by atoms with van der Waals surface area (Å²) in [5.74, 6) is 0.505. The number of halogens is 2. The van der Waals surface area contributed by atoms with Crippen molar-refractivity contribution in [3.05, 3.63) is 28.2 Å². The van der Waals surface area contributed by atoms with Crippen LogP contribution in [0.1, 0.15) is 25.5 Å².